The summed E-state index contributed by atoms with van der Waals surface area (Å²) in [6.45, 7) is 0. The van der Waals surface area contributed by atoms with Crippen LogP contribution in [0.2, 0.25) is 0 Å². The van der Waals surface area contributed by atoms with Crippen molar-refractivity contribution in [3.63, 3.8) is 0 Å². The molecule has 23 heavy (non-hydrogen) atoms. The van der Waals surface area contributed by atoms with Crippen LogP contribution in [0.25, 0.3) is 22.2 Å². The van der Waals surface area contributed by atoms with Crippen molar-refractivity contribution in [2.75, 3.05) is 7.11 Å². The van der Waals surface area contributed by atoms with Crippen LogP contribution in [0, 0.1) is 0 Å². The second-order valence-electron chi connectivity index (χ2n) is 5.21. The number of allylic oxidation sites excluding steroid dienone is 1. The number of ether oxygens (including phenoxy) is 1. The highest BCUT2D eigenvalue weighted by molar-refractivity contribution is 6.37. The zero-order valence-electron chi connectivity index (χ0n) is 12.3. The summed E-state index contributed by atoms with van der Waals surface area (Å²) in [6.07, 6.45) is 1.53. The van der Waals surface area contributed by atoms with Gasteiger partial charge in [0.1, 0.15) is 17.2 Å². The van der Waals surface area contributed by atoms with Gasteiger partial charge in [0.25, 0.3) is 0 Å². The molecule has 0 unspecified atom stereocenters. The van der Waals surface area contributed by atoms with Gasteiger partial charge < -0.3 is 9.84 Å². The topological polar surface area (TPSA) is 72.3 Å². The van der Waals surface area contributed by atoms with Crippen LogP contribution >= 0.6 is 0 Å². The normalized spacial score (nSPS) is 13.5. The van der Waals surface area contributed by atoms with Crippen LogP contribution in [-0.4, -0.2) is 28.0 Å². The molecule has 0 fully saturated rings. The first-order chi connectivity index (χ1) is 11.2. The number of hydrogen-bond donors (Lipinski definition) is 1. The van der Waals surface area contributed by atoms with Crippen molar-refractivity contribution in [1.29, 1.82) is 0 Å². The van der Waals surface area contributed by atoms with Gasteiger partial charge in [-0.05, 0) is 30.3 Å². The van der Waals surface area contributed by atoms with E-state index in [0.717, 1.165) is 5.39 Å². The van der Waals surface area contributed by atoms with E-state index >= 15 is 0 Å². The monoisotopic (exact) mass is 304 g/mol. The van der Waals surface area contributed by atoms with E-state index in [1.165, 1.54) is 6.20 Å². The van der Waals surface area contributed by atoms with E-state index in [2.05, 4.69) is 9.97 Å². The van der Waals surface area contributed by atoms with E-state index in [9.17, 15) is 9.90 Å². The van der Waals surface area contributed by atoms with Gasteiger partial charge in [0.05, 0.1) is 23.9 Å². The molecule has 0 saturated carbocycles. The Kier molecular flexibility index (Phi) is 2.87. The summed E-state index contributed by atoms with van der Waals surface area (Å²) in [5.74, 6) is 0.295. The number of methoxy groups -OCH3 is 1. The van der Waals surface area contributed by atoms with Crippen molar-refractivity contribution >= 4 is 28.0 Å². The molecule has 1 N–H and O–H groups in total. The zero-order chi connectivity index (χ0) is 16.0. The molecule has 0 aliphatic heterocycles. The van der Waals surface area contributed by atoms with Crippen LogP contribution in [0.3, 0.4) is 0 Å². The first-order valence-corrected chi connectivity index (χ1v) is 7.07. The van der Waals surface area contributed by atoms with Gasteiger partial charge in [-0.2, -0.15) is 0 Å². The van der Waals surface area contributed by atoms with Gasteiger partial charge in [0.15, 0.2) is 0 Å². The number of nitrogens with zero attached hydrogens (tertiary/aromatic N) is 2. The van der Waals surface area contributed by atoms with Gasteiger partial charge in [-0.25, -0.2) is 4.98 Å². The molecule has 1 aromatic carbocycles. The van der Waals surface area contributed by atoms with E-state index in [1.54, 1.807) is 31.4 Å². The molecule has 0 atom stereocenters. The van der Waals surface area contributed by atoms with E-state index in [4.69, 9.17) is 4.74 Å². The summed E-state index contributed by atoms with van der Waals surface area (Å²) >= 11 is 0. The lowest BCUT2D eigenvalue weighted by atomic mass is 10.1. The van der Waals surface area contributed by atoms with E-state index in [1.807, 2.05) is 18.2 Å². The maximum atomic E-state index is 12.5. The Morgan fingerprint density at radius 1 is 1.13 bits per heavy atom. The molecule has 5 nitrogen and oxygen atoms in total. The minimum atomic E-state index is -0.312. The number of pyridine rings is 2. The molecule has 4 rings (SSSR count). The smallest absolute Gasteiger partial charge is 0.218 e. The lowest BCUT2D eigenvalue weighted by Gasteiger charge is -2.05. The van der Waals surface area contributed by atoms with E-state index < -0.39 is 0 Å². The number of aromatic nitrogens is 2. The highest BCUT2D eigenvalue weighted by Gasteiger charge is 2.32. The largest absolute Gasteiger partial charge is 0.506 e. The number of carbonyl (C=O) groups is 1. The van der Waals surface area contributed by atoms with Gasteiger partial charge in [-0.15, -0.1) is 0 Å². The molecule has 0 saturated heterocycles. The van der Waals surface area contributed by atoms with Crippen LogP contribution in [0.15, 0.2) is 48.7 Å². The Hall–Kier alpha value is -3.21. The predicted molar refractivity (Wildman–Crippen MR) is 86.3 cm³/mol. The molecule has 0 bridgehead atoms. The maximum absolute atomic E-state index is 12.5. The summed E-state index contributed by atoms with van der Waals surface area (Å²) in [4.78, 5) is 21.1. The van der Waals surface area contributed by atoms with Crippen molar-refractivity contribution in [3.05, 3.63) is 65.6 Å². The summed E-state index contributed by atoms with van der Waals surface area (Å²) in [5, 5.41) is 11.3. The molecule has 3 aromatic rings. The number of carbonyl (C=O) groups excluding carboxylic acids is 1. The summed E-state index contributed by atoms with van der Waals surface area (Å²) in [6, 6.07) is 12.5. The summed E-state index contributed by atoms with van der Waals surface area (Å²) in [5.41, 5.74) is 2.00. The maximum Gasteiger partial charge on any atom is 0.218 e. The lowest BCUT2D eigenvalue weighted by Crippen LogP contribution is -2.02. The zero-order valence-corrected chi connectivity index (χ0v) is 12.3. The first kappa shape index (κ1) is 13.5. The Labute approximate surface area is 131 Å². The van der Waals surface area contributed by atoms with Crippen molar-refractivity contribution in [1.82, 2.24) is 9.97 Å². The van der Waals surface area contributed by atoms with Crippen molar-refractivity contribution in [2.45, 2.75) is 0 Å². The highest BCUT2D eigenvalue weighted by atomic mass is 16.5. The molecular weight excluding hydrogens is 292 g/mol. The second-order valence-corrected chi connectivity index (χ2v) is 5.21. The van der Waals surface area contributed by atoms with Gasteiger partial charge in [0, 0.05) is 23.2 Å². The van der Waals surface area contributed by atoms with Crippen LogP contribution in [0.1, 0.15) is 21.7 Å². The molecule has 0 amide bonds. The Morgan fingerprint density at radius 3 is 2.74 bits per heavy atom. The standard InChI is InChI=1S/C18H12N2O3/c1-23-11-6-4-10-5-7-13(20-14(10)9-11)15-17(21)12-3-2-8-19-16(12)18(15)22/h2-9,21H,1H3. The van der Waals surface area contributed by atoms with E-state index in [-0.39, 0.29) is 22.8 Å². The van der Waals surface area contributed by atoms with Gasteiger partial charge in [-0.1, -0.05) is 6.07 Å². The predicted octanol–water partition coefficient (Wildman–Crippen LogP) is 3.26. The van der Waals surface area contributed by atoms with Gasteiger partial charge >= 0.3 is 0 Å². The SMILES string of the molecule is COc1ccc2ccc(C3=C(O)c4cccnc4C3=O)nc2c1. The van der Waals surface area contributed by atoms with Crippen LogP contribution in [0.5, 0.6) is 5.75 Å². The number of hydrogen-bond acceptors (Lipinski definition) is 5. The van der Waals surface area contributed by atoms with Gasteiger partial charge in [0.2, 0.25) is 5.78 Å². The molecule has 1 aliphatic rings. The third-order valence-corrected chi connectivity index (χ3v) is 3.90. The Balaban J connectivity index is 1.90. The summed E-state index contributed by atoms with van der Waals surface area (Å²) in [7, 11) is 1.59. The Morgan fingerprint density at radius 2 is 1.96 bits per heavy atom. The lowest BCUT2D eigenvalue weighted by molar-refractivity contribution is 0.105. The minimum Gasteiger partial charge on any atom is -0.506 e. The molecule has 0 radical (unpaired) electrons. The average molecular weight is 304 g/mol. The number of rotatable bonds is 2. The molecular formula is C18H12N2O3. The number of fused-ring (bicyclic) bond motifs is 2. The Bertz CT molecular complexity index is 992. The second kappa shape index (κ2) is 4.91. The van der Waals surface area contributed by atoms with Crippen molar-refractivity contribution in [3.8, 4) is 5.75 Å². The van der Waals surface area contributed by atoms with Crippen LogP contribution < -0.4 is 4.74 Å². The molecule has 2 aromatic heterocycles. The third kappa shape index (κ3) is 1.97. The van der Waals surface area contributed by atoms with Crippen LogP contribution in [-0.2, 0) is 0 Å². The summed E-state index contributed by atoms with van der Waals surface area (Å²) < 4.78 is 5.20. The number of Topliss-reactive ketones (excluding diaryl/α,β-unsaturated/α-hetero) is 1. The fourth-order valence-electron chi connectivity index (χ4n) is 2.74. The minimum absolute atomic E-state index is 0.0761. The number of benzene rings is 1. The molecule has 2 heterocycles. The van der Waals surface area contributed by atoms with Crippen LogP contribution in [0.4, 0.5) is 0 Å². The molecule has 112 valence electrons. The van der Waals surface area contributed by atoms with Gasteiger partial charge in [-0.3, -0.25) is 9.78 Å². The highest BCUT2D eigenvalue weighted by Crippen LogP contribution is 2.35. The molecule has 0 spiro atoms. The molecule has 1 aliphatic carbocycles. The fourth-order valence-corrected chi connectivity index (χ4v) is 2.74. The number of ketones is 1. The van der Waals surface area contributed by atoms with E-state index in [0.29, 0.717) is 22.5 Å². The molecule has 5 heteroatoms. The van der Waals surface area contributed by atoms with Crippen molar-refractivity contribution < 1.29 is 14.6 Å². The quantitative estimate of drug-likeness (QED) is 0.786. The average Bonchev–Trinajstić information content (AvgIpc) is 2.85. The number of aliphatic hydroxyl groups excluding tert-OH is 1. The fraction of sp³-hybridized carbons (Fsp3) is 0.0556. The van der Waals surface area contributed by atoms with Crippen molar-refractivity contribution in [2.24, 2.45) is 0 Å². The third-order valence-electron chi connectivity index (χ3n) is 3.90. The number of aliphatic hydroxyl groups is 1. The first-order valence-electron chi connectivity index (χ1n) is 7.07.